The first-order valence-corrected chi connectivity index (χ1v) is 7.56. The summed E-state index contributed by atoms with van der Waals surface area (Å²) >= 11 is 0. The Bertz CT molecular complexity index is 538. The number of nitrogens with zero attached hydrogens (tertiary/aromatic N) is 3. The third-order valence-electron chi connectivity index (χ3n) is 4.26. The highest BCUT2D eigenvalue weighted by Gasteiger charge is 2.36. The fourth-order valence-electron chi connectivity index (χ4n) is 2.99. The second-order valence-corrected chi connectivity index (χ2v) is 5.64. The van der Waals surface area contributed by atoms with Crippen molar-refractivity contribution in [1.29, 1.82) is 0 Å². The maximum Gasteiger partial charge on any atom is 0.326 e. The molecule has 1 aromatic rings. The number of aliphatic carboxylic acids is 1. The Morgan fingerprint density at radius 3 is 2.71 bits per heavy atom. The maximum atomic E-state index is 12.7. The predicted octanol–water partition coefficient (Wildman–Crippen LogP) is 1.93. The van der Waals surface area contributed by atoms with Gasteiger partial charge in [-0.05, 0) is 38.7 Å². The monoisotopic (exact) mass is 293 g/mol. The van der Waals surface area contributed by atoms with Crippen LogP contribution in [0.15, 0.2) is 6.07 Å². The van der Waals surface area contributed by atoms with Crippen LogP contribution in [0.3, 0.4) is 0 Å². The third-order valence-corrected chi connectivity index (χ3v) is 4.26. The molecule has 1 saturated heterocycles. The number of hydrogen-bond acceptors (Lipinski definition) is 3. The van der Waals surface area contributed by atoms with Crippen LogP contribution in [0, 0.1) is 12.8 Å². The number of aryl methyl sites for hydroxylation is 2. The standard InChI is InChI=1S/C15H23N3O3/c1-4-11-6-7-17(13(9-11)15(20)21)14(19)12-8-10(3)16-18(12)5-2/h8,11,13H,4-7,9H2,1-3H3,(H,20,21). The summed E-state index contributed by atoms with van der Waals surface area (Å²) in [6.45, 7) is 6.92. The van der Waals surface area contributed by atoms with Crippen LogP contribution >= 0.6 is 0 Å². The van der Waals surface area contributed by atoms with E-state index in [0.29, 0.717) is 31.1 Å². The fraction of sp³-hybridized carbons (Fsp3) is 0.667. The van der Waals surface area contributed by atoms with Crippen molar-refractivity contribution < 1.29 is 14.7 Å². The molecule has 0 bridgehead atoms. The number of carbonyl (C=O) groups is 2. The van der Waals surface area contributed by atoms with E-state index in [2.05, 4.69) is 12.0 Å². The maximum absolute atomic E-state index is 12.7. The predicted molar refractivity (Wildman–Crippen MR) is 78.1 cm³/mol. The zero-order valence-electron chi connectivity index (χ0n) is 12.9. The Kier molecular flexibility index (Phi) is 4.65. The van der Waals surface area contributed by atoms with Crippen LogP contribution in [0.2, 0.25) is 0 Å². The SMILES string of the molecule is CCC1CCN(C(=O)c2cc(C)nn2CC)C(C(=O)O)C1. The van der Waals surface area contributed by atoms with E-state index in [0.717, 1.165) is 18.5 Å². The highest BCUT2D eigenvalue weighted by molar-refractivity contribution is 5.95. The molecule has 2 atom stereocenters. The number of aromatic nitrogens is 2. The van der Waals surface area contributed by atoms with E-state index in [1.54, 1.807) is 10.7 Å². The van der Waals surface area contributed by atoms with Gasteiger partial charge in [0.1, 0.15) is 11.7 Å². The number of carbonyl (C=O) groups excluding carboxylic acids is 1. The van der Waals surface area contributed by atoms with Crippen molar-refractivity contribution in [3.63, 3.8) is 0 Å². The molecule has 0 aliphatic carbocycles. The number of likely N-dealkylation sites (tertiary alicyclic amines) is 1. The molecule has 1 N–H and O–H groups in total. The quantitative estimate of drug-likeness (QED) is 0.920. The molecule has 0 aromatic carbocycles. The zero-order valence-corrected chi connectivity index (χ0v) is 12.9. The number of carboxylic acids is 1. The van der Waals surface area contributed by atoms with E-state index < -0.39 is 12.0 Å². The van der Waals surface area contributed by atoms with Gasteiger partial charge in [0.25, 0.3) is 5.91 Å². The largest absolute Gasteiger partial charge is 0.480 e. The molecule has 0 spiro atoms. The van der Waals surface area contributed by atoms with E-state index in [9.17, 15) is 14.7 Å². The number of hydrogen-bond donors (Lipinski definition) is 1. The Morgan fingerprint density at radius 1 is 1.43 bits per heavy atom. The zero-order chi connectivity index (χ0) is 15.6. The summed E-state index contributed by atoms with van der Waals surface area (Å²) in [4.78, 5) is 25.7. The topological polar surface area (TPSA) is 75.4 Å². The number of rotatable bonds is 4. The molecule has 1 aliphatic heterocycles. The first-order valence-electron chi connectivity index (χ1n) is 7.56. The van der Waals surface area contributed by atoms with Gasteiger partial charge in [-0.2, -0.15) is 5.10 Å². The second kappa shape index (κ2) is 6.28. The smallest absolute Gasteiger partial charge is 0.326 e. The summed E-state index contributed by atoms with van der Waals surface area (Å²) in [6.07, 6.45) is 2.36. The molecule has 2 rings (SSSR count). The van der Waals surface area contributed by atoms with Gasteiger partial charge in [-0.3, -0.25) is 9.48 Å². The molecule has 2 heterocycles. The van der Waals surface area contributed by atoms with Crippen molar-refractivity contribution in [2.75, 3.05) is 6.54 Å². The first-order chi connectivity index (χ1) is 9.97. The molecule has 2 unspecified atom stereocenters. The normalized spacial score (nSPS) is 22.3. The molecule has 116 valence electrons. The molecule has 6 nitrogen and oxygen atoms in total. The molecule has 1 aromatic heterocycles. The Hall–Kier alpha value is -1.85. The van der Waals surface area contributed by atoms with Gasteiger partial charge in [-0.1, -0.05) is 13.3 Å². The molecule has 21 heavy (non-hydrogen) atoms. The summed E-state index contributed by atoms with van der Waals surface area (Å²) in [5, 5.41) is 13.7. The summed E-state index contributed by atoms with van der Waals surface area (Å²) in [7, 11) is 0. The Morgan fingerprint density at radius 2 is 2.14 bits per heavy atom. The van der Waals surface area contributed by atoms with E-state index in [1.807, 2.05) is 13.8 Å². The van der Waals surface area contributed by atoms with E-state index in [4.69, 9.17) is 0 Å². The van der Waals surface area contributed by atoms with Gasteiger partial charge >= 0.3 is 5.97 Å². The van der Waals surface area contributed by atoms with Crippen molar-refractivity contribution in [1.82, 2.24) is 14.7 Å². The van der Waals surface area contributed by atoms with Gasteiger partial charge < -0.3 is 10.0 Å². The summed E-state index contributed by atoms with van der Waals surface area (Å²) in [6, 6.07) is 1.01. The van der Waals surface area contributed by atoms with Crippen molar-refractivity contribution in [3.05, 3.63) is 17.5 Å². The van der Waals surface area contributed by atoms with E-state index in [1.165, 1.54) is 4.90 Å². The highest BCUT2D eigenvalue weighted by Crippen LogP contribution is 2.27. The third kappa shape index (κ3) is 3.09. The molecular weight excluding hydrogens is 270 g/mol. The van der Waals surface area contributed by atoms with Gasteiger partial charge in [-0.25, -0.2) is 4.79 Å². The minimum atomic E-state index is -0.916. The van der Waals surface area contributed by atoms with E-state index in [-0.39, 0.29) is 5.91 Å². The van der Waals surface area contributed by atoms with Crippen LogP contribution in [0.5, 0.6) is 0 Å². The molecular formula is C15H23N3O3. The average molecular weight is 293 g/mol. The van der Waals surface area contributed by atoms with Crippen molar-refractivity contribution >= 4 is 11.9 Å². The fourth-order valence-corrected chi connectivity index (χ4v) is 2.99. The lowest BCUT2D eigenvalue weighted by atomic mass is 9.88. The van der Waals surface area contributed by atoms with Gasteiger partial charge in [0.2, 0.25) is 0 Å². The van der Waals surface area contributed by atoms with Crippen molar-refractivity contribution in [2.24, 2.45) is 5.92 Å². The number of amides is 1. The second-order valence-electron chi connectivity index (χ2n) is 5.64. The lowest BCUT2D eigenvalue weighted by Gasteiger charge is -2.36. The molecule has 1 fully saturated rings. The minimum absolute atomic E-state index is 0.223. The van der Waals surface area contributed by atoms with Crippen molar-refractivity contribution in [3.8, 4) is 0 Å². The lowest BCUT2D eigenvalue weighted by Crippen LogP contribution is -2.50. The van der Waals surface area contributed by atoms with Crippen LogP contribution < -0.4 is 0 Å². The van der Waals surface area contributed by atoms with Crippen LogP contribution in [-0.4, -0.2) is 44.3 Å². The molecule has 6 heteroatoms. The van der Waals surface area contributed by atoms with Crippen molar-refractivity contribution in [2.45, 2.75) is 52.6 Å². The molecule has 1 aliphatic rings. The summed E-state index contributed by atoms with van der Waals surface area (Å²) in [5.74, 6) is -0.756. The Balaban J connectivity index is 2.26. The first kappa shape index (κ1) is 15.5. The molecule has 1 amide bonds. The lowest BCUT2D eigenvalue weighted by molar-refractivity contribution is -0.144. The minimum Gasteiger partial charge on any atom is -0.480 e. The molecule has 0 radical (unpaired) electrons. The van der Waals surface area contributed by atoms with Gasteiger partial charge in [0.15, 0.2) is 0 Å². The van der Waals surface area contributed by atoms with Crippen LogP contribution in [0.1, 0.15) is 49.3 Å². The van der Waals surface area contributed by atoms with E-state index >= 15 is 0 Å². The van der Waals surface area contributed by atoms with Crippen LogP contribution in [0.25, 0.3) is 0 Å². The average Bonchev–Trinajstić information content (AvgIpc) is 2.86. The highest BCUT2D eigenvalue weighted by atomic mass is 16.4. The number of carboxylic acid groups (broad SMARTS) is 1. The van der Waals surface area contributed by atoms with Crippen LogP contribution in [0.4, 0.5) is 0 Å². The summed E-state index contributed by atoms with van der Waals surface area (Å²) in [5.41, 5.74) is 1.26. The van der Waals surface area contributed by atoms with Gasteiger partial charge in [0.05, 0.1) is 5.69 Å². The van der Waals surface area contributed by atoms with Gasteiger partial charge in [-0.15, -0.1) is 0 Å². The molecule has 0 saturated carbocycles. The summed E-state index contributed by atoms with van der Waals surface area (Å²) < 4.78 is 1.64. The van der Waals surface area contributed by atoms with Crippen LogP contribution in [-0.2, 0) is 11.3 Å². The Labute approximate surface area is 124 Å². The van der Waals surface area contributed by atoms with Gasteiger partial charge in [0, 0.05) is 13.1 Å². The number of piperidine rings is 1.